The maximum Gasteiger partial charge on any atom is 0.270 e. The minimum Gasteiger partial charge on any atom is -0.324 e. The topological polar surface area (TPSA) is 85.2 Å². The number of anilines is 1. The third-order valence-electron chi connectivity index (χ3n) is 4.45. The summed E-state index contributed by atoms with van der Waals surface area (Å²) in [4.78, 5) is 25.0. The highest BCUT2D eigenvalue weighted by molar-refractivity contribution is 7.91. The van der Waals surface area contributed by atoms with Crippen molar-refractivity contribution in [2.24, 2.45) is 0 Å². The second-order valence-corrected chi connectivity index (χ2v) is 9.03. The molecule has 2 aromatic carbocycles. The predicted octanol–water partition coefficient (Wildman–Crippen LogP) is 3.73. The van der Waals surface area contributed by atoms with Crippen LogP contribution >= 0.6 is 11.6 Å². The lowest BCUT2D eigenvalue weighted by atomic mass is 10.2. The zero-order valence-electron chi connectivity index (χ0n) is 16.1. The van der Waals surface area contributed by atoms with Gasteiger partial charge >= 0.3 is 0 Å². The molecule has 0 saturated carbocycles. The van der Waals surface area contributed by atoms with Crippen LogP contribution in [0.2, 0.25) is 5.02 Å². The Morgan fingerprint density at radius 3 is 2.40 bits per heavy atom. The van der Waals surface area contributed by atoms with Crippen molar-refractivity contribution in [2.45, 2.75) is 30.2 Å². The Morgan fingerprint density at radius 2 is 1.77 bits per heavy atom. The molecular weight excluding hydrogens is 431 g/mol. The molecule has 9 heteroatoms. The third-order valence-corrected chi connectivity index (χ3v) is 6.63. The van der Waals surface area contributed by atoms with Crippen molar-refractivity contribution < 1.29 is 17.6 Å². The van der Waals surface area contributed by atoms with Gasteiger partial charge in [-0.3, -0.25) is 9.59 Å². The molecule has 0 unspecified atom stereocenters. The summed E-state index contributed by atoms with van der Waals surface area (Å²) in [6.45, 7) is 2.70. The van der Waals surface area contributed by atoms with Gasteiger partial charge in [-0.05, 0) is 67.9 Å². The van der Waals surface area contributed by atoms with E-state index in [1.54, 1.807) is 6.92 Å². The van der Waals surface area contributed by atoms with Crippen LogP contribution in [0.4, 0.5) is 10.1 Å². The second kappa shape index (κ2) is 8.41. The van der Waals surface area contributed by atoms with Crippen molar-refractivity contribution in [3.05, 3.63) is 87.0 Å². The summed E-state index contributed by atoms with van der Waals surface area (Å²) in [6.07, 6.45) is 0. The van der Waals surface area contributed by atoms with E-state index in [2.05, 4.69) is 5.32 Å². The van der Waals surface area contributed by atoms with E-state index in [1.165, 1.54) is 55.5 Å². The van der Waals surface area contributed by atoms with Gasteiger partial charge in [0, 0.05) is 16.4 Å². The van der Waals surface area contributed by atoms with E-state index in [0.717, 1.165) is 10.6 Å². The van der Waals surface area contributed by atoms with E-state index in [0.29, 0.717) is 10.7 Å². The Bertz CT molecular complexity index is 1290. The summed E-state index contributed by atoms with van der Waals surface area (Å²) in [5.41, 5.74) is 0.111. The molecule has 0 saturated heterocycles. The van der Waals surface area contributed by atoms with Crippen LogP contribution in [-0.2, 0) is 21.2 Å². The zero-order valence-corrected chi connectivity index (χ0v) is 17.7. The van der Waals surface area contributed by atoms with E-state index < -0.39 is 38.6 Å². The first-order valence-electron chi connectivity index (χ1n) is 8.86. The third kappa shape index (κ3) is 4.44. The van der Waals surface area contributed by atoms with E-state index in [-0.39, 0.29) is 16.1 Å². The van der Waals surface area contributed by atoms with Gasteiger partial charge in [-0.15, -0.1) is 0 Å². The smallest absolute Gasteiger partial charge is 0.270 e. The predicted molar refractivity (Wildman–Crippen MR) is 112 cm³/mol. The summed E-state index contributed by atoms with van der Waals surface area (Å²) in [5.74, 6) is -1.11. The Labute approximate surface area is 177 Å². The number of sulfone groups is 1. The molecule has 6 nitrogen and oxygen atoms in total. The van der Waals surface area contributed by atoms with E-state index >= 15 is 0 Å². The Balaban J connectivity index is 2.00. The molecule has 3 rings (SSSR count). The van der Waals surface area contributed by atoms with E-state index in [1.807, 2.05) is 0 Å². The fourth-order valence-electron chi connectivity index (χ4n) is 3.07. The standard InChI is InChI=1S/C21H18ClFN2O4S/c1-13-10-14(2)25(12-19(26)24-17-5-3-4-16(23)11-17)21(27)20(13)30(28,29)18-8-6-15(22)7-9-18/h3-11H,12H2,1-2H3,(H,24,26). The minimum atomic E-state index is -4.13. The molecule has 0 aliphatic carbocycles. The van der Waals surface area contributed by atoms with E-state index in [9.17, 15) is 22.4 Å². The van der Waals surface area contributed by atoms with Gasteiger partial charge in [0.15, 0.2) is 0 Å². The van der Waals surface area contributed by atoms with Crippen LogP contribution < -0.4 is 10.9 Å². The average molecular weight is 449 g/mol. The van der Waals surface area contributed by atoms with Gasteiger partial charge in [0.05, 0.1) is 4.90 Å². The molecule has 1 N–H and O–H groups in total. The molecule has 0 aliphatic rings. The molecule has 0 atom stereocenters. The van der Waals surface area contributed by atoms with Crippen LogP contribution in [0, 0.1) is 19.7 Å². The van der Waals surface area contributed by atoms with Crippen molar-refractivity contribution in [3.8, 4) is 0 Å². The summed E-state index contributed by atoms with van der Waals surface area (Å²) in [6, 6.07) is 12.3. The fraction of sp³-hybridized carbons (Fsp3) is 0.143. The monoisotopic (exact) mass is 448 g/mol. The molecule has 1 amide bonds. The van der Waals surface area contributed by atoms with Crippen LogP contribution in [0.5, 0.6) is 0 Å². The molecule has 30 heavy (non-hydrogen) atoms. The zero-order chi connectivity index (χ0) is 22.1. The number of nitrogens with zero attached hydrogens (tertiary/aromatic N) is 1. The molecule has 3 aromatic rings. The normalized spacial score (nSPS) is 11.3. The van der Waals surface area contributed by atoms with Gasteiger partial charge < -0.3 is 9.88 Å². The highest BCUT2D eigenvalue weighted by Crippen LogP contribution is 2.23. The molecule has 1 heterocycles. The van der Waals surface area contributed by atoms with Crippen LogP contribution in [0.1, 0.15) is 11.3 Å². The van der Waals surface area contributed by atoms with Crippen LogP contribution in [0.3, 0.4) is 0 Å². The maximum atomic E-state index is 13.3. The number of carbonyl (C=O) groups excluding carboxylic acids is 1. The molecule has 0 spiro atoms. The first kappa shape index (κ1) is 21.7. The Morgan fingerprint density at radius 1 is 1.10 bits per heavy atom. The first-order valence-corrected chi connectivity index (χ1v) is 10.7. The van der Waals surface area contributed by atoms with Crippen molar-refractivity contribution in [1.29, 1.82) is 0 Å². The number of halogens is 2. The molecule has 0 aliphatic heterocycles. The van der Waals surface area contributed by atoms with E-state index in [4.69, 9.17) is 11.6 Å². The lowest BCUT2D eigenvalue weighted by molar-refractivity contribution is -0.116. The maximum absolute atomic E-state index is 13.3. The van der Waals surface area contributed by atoms with Gasteiger partial charge in [0.25, 0.3) is 5.56 Å². The largest absolute Gasteiger partial charge is 0.324 e. The number of aryl methyl sites for hydroxylation is 2. The SMILES string of the molecule is Cc1cc(C)n(CC(=O)Nc2cccc(F)c2)c(=O)c1S(=O)(=O)c1ccc(Cl)cc1. The number of pyridine rings is 1. The van der Waals surface area contributed by atoms with Gasteiger partial charge in [0.1, 0.15) is 17.3 Å². The summed E-state index contributed by atoms with van der Waals surface area (Å²) in [7, 11) is -4.13. The summed E-state index contributed by atoms with van der Waals surface area (Å²) >= 11 is 5.82. The number of rotatable bonds is 5. The number of benzene rings is 2. The number of nitrogens with one attached hydrogen (secondary N) is 1. The number of aromatic nitrogens is 1. The molecule has 0 fully saturated rings. The summed E-state index contributed by atoms with van der Waals surface area (Å²) < 4.78 is 40.5. The second-order valence-electron chi connectivity index (χ2n) is 6.71. The highest BCUT2D eigenvalue weighted by atomic mass is 35.5. The van der Waals surface area contributed by atoms with Gasteiger partial charge in [-0.1, -0.05) is 17.7 Å². The first-order chi connectivity index (χ1) is 14.1. The average Bonchev–Trinajstić information content (AvgIpc) is 2.65. The van der Waals surface area contributed by atoms with Gasteiger partial charge in [-0.2, -0.15) is 0 Å². The molecule has 0 radical (unpaired) electrons. The quantitative estimate of drug-likeness (QED) is 0.644. The lowest BCUT2D eigenvalue weighted by Crippen LogP contribution is -2.33. The lowest BCUT2D eigenvalue weighted by Gasteiger charge is -2.15. The van der Waals surface area contributed by atoms with Crippen molar-refractivity contribution in [1.82, 2.24) is 4.57 Å². The molecule has 0 bridgehead atoms. The van der Waals surface area contributed by atoms with Crippen LogP contribution in [-0.4, -0.2) is 18.9 Å². The van der Waals surface area contributed by atoms with Crippen molar-refractivity contribution in [3.63, 3.8) is 0 Å². The van der Waals surface area contributed by atoms with Crippen molar-refractivity contribution in [2.75, 3.05) is 5.32 Å². The number of amides is 1. The van der Waals surface area contributed by atoms with Crippen molar-refractivity contribution >= 4 is 33.0 Å². The van der Waals surface area contributed by atoms with Crippen LogP contribution in [0.25, 0.3) is 0 Å². The molecule has 156 valence electrons. The molecular formula is C21H18ClFN2O4S. The number of hydrogen-bond donors (Lipinski definition) is 1. The van der Waals surface area contributed by atoms with Gasteiger partial charge in [0.2, 0.25) is 15.7 Å². The minimum absolute atomic E-state index is 0.0771. The number of hydrogen-bond acceptors (Lipinski definition) is 4. The van der Waals surface area contributed by atoms with Gasteiger partial charge in [-0.25, -0.2) is 12.8 Å². The molecule has 1 aromatic heterocycles. The highest BCUT2D eigenvalue weighted by Gasteiger charge is 2.26. The summed E-state index contributed by atoms with van der Waals surface area (Å²) in [5, 5.41) is 2.86. The van der Waals surface area contributed by atoms with Crippen LogP contribution in [0.15, 0.2) is 69.2 Å². The fourth-order valence-corrected chi connectivity index (χ4v) is 4.75. The Hall–Kier alpha value is -2.97. The Kier molecular flexibility index (Phi) is 6.09. The number of carbonyl (C=O) groups is 1.